The summed E-state index contributed by atoms with van der Waals surface area (Å²) < 4.78 is 11.6. The minimum atomic E-state index is -0.795. The fraction of sp³-hybridized carbons (Fsp3) is 0.908. The van der Waals surface area contributed by atoms with E-state index < -0.39 is 36.1 Å². The van der Waals surface area contributed by atoms with Crippen molar-refractivity contribution in [3.63, 3.8) is 0 Å². The van der Waals surface area contributed by atoms with Gasteiger partial charge in [0.05, 0.1) is 36.1 Å². The van der Waals surface area contributed by atoms with Crippen LogP contribution in [0.2, 0.25) is 0 Å². The molecule has 456 valence electrons. The molecule has 7 aliphatic rings. The van der Waals surface area contributed by atoms with E-state index in [2.05, 4.69) is 64.0 Å². The van der Waals surface area contributed by atoms with Gasteiger partial charge in [-0.05, 0) is 166 Å². The number of methoxy groups -OCH3 is 1. The Bertz CT molecular complexity index is 2230. The number of hydrogen-bond donors (Lipinski definition) is 3. The number of ether oxygens (including phenoxy) is 2. The van der Waals surface area contributed by atoms with Crippen molar-refractivity contribution in [1.82, 2.24) is 30.2 Å². The van der Waals surface area contributed by atoms with Crippen LogP contribution in [0, 0.1) is 91.7 Å². The van der Waals surface area contributed by atoms with Gasteiger partial charge in [-0.15, -0.1) is 0 Å². The topological polar surface area (TPSA) is 178 Å². The Morgan fingerprint density at radius 3 is 2.10 bits per heavy atom. The van der Waals surface area contributed by atoms with Crippen LogP contribution in [0.3, 0.4) is 0 Å². The lowest BCUT2D eigenvalue weighted by Gasteiger charge is -2.73. The maximum atomic E-state index is 15.3. The van der Waals surface area contributed by atoms with Gasteiger partial charge in [-0.1, -0.05) is 103 Å². The minimum absolute atomic E-state index is 0.00804. The normalized spacial score (nSPS) is 35.9. The molecule has 7 rings (SSSR count). The predicted molar refractivity (Wildman–Crippen MR) is 313 cm³/mol. The maximum absolute atomic E-state index is 15.3. The summed E-state index contributed by atoms with van der Waals surface area (Å²) in [5.41, 5.74) is 0.0919. The second kappa shape index (κ2) is 24.4. The lowest BCUT2D eigenvalue weighted by atomic mass is 9.31. The minimum Gasteiger partial charge on any atom is -0.468 e. The first-order valence-electron chi connectivity index (χ1n) is 31.7. The van der Waals surface area contributed by atoms with Crippen LogP contribution in [0.5, 0.6) is 0 Å². The summed E-state index contributed by atoms with van der Waals surface area (Å²) >= 11 is 0. The van der Waals surface area contributed by atoms with Crippen molar-refractivity contribution < 1.29 is 43.3 Å². The molecule has 0 aromatic carbocycles. The number of carbonyl (C=O) groups excluding carboxylic acids is 6. The van der Waals surface area contributed by atoms with Gasteiger partial charge in [0, 0.05) is 64.8 Å². The zero-order valence-corrected chi connectivity index (χ0v) is 53.3. The third-order valence-corrected chi connectivity index (χ3v) is 24.8. The molecule has 0 aromatic heterocycles. The Morgan fingerprint density at radius 2 is 1.50 bits per heavy atom. The molecule has 18 atom stereocenters. The monoisotopic (exact) mass is 1120 g/mol. The van der Waals surface area contributed by atoms with Gasteiger partial charge in [-0.3, -0.25) is 33.7 Å². The summed E-state index contributed by atoms with van der Waals surface area (Å²) in [4.78, 5) is 91.3. The van der Waals surface area contributed by atoms with Gasteiger partial charge in [-0.2, -0.15) is 0 Å². The second-order valence-electron chi connectivity index (χ2n) is 30.2. The Kier molecular flexibility index (Phi) is 19.6. The van der Waals surface area contributed by atoms with E-state index in [1.807, 2.05) is 72.4 Å². The molecular weight excluding hydrogens is 1010 g/mol. The quantitative estimate of drug-likeness (QED) is 0.0838. The number of hydrogen-bond acceptors (Lipinski definition) is 10. The lowest BCUT2D eigenvalue weighted by Crippen LogP contribution is -2.67. The molecule has 5 amide bonds. The Balaban J connectivity index is 1.02. The Morgan fingerprint density at radius 1 is 0.825 bits per heavy atom. The largest absolute Gasteiger partial charge is 0.468 e. The van der Waals surface area contributed by atoms with Crippen LogP contribution >= 0.6 is 0 Å². The SMILES string of the molecule is CC[C@H](C)[C@@H]([C@H](CO)CC(=O)N1CCCC1[C@H](OC)[C@@H](C)C(=O)NCCN1C(=O)[C@]23CCC(C)(C)C1C2[C@H]1CCC2[C@@]4(C)CC[C@H](COC=O)C(C)(C)C4CC[C@@]2(C)[C@]1(C)CC3)N(C)C(=O)[C@@H](NC(=O)[C@H](C(C)C)N(C)C)C(C)C. The van der Waals surface area contributed by atoms with E-state index in [1.165, 1.54) is 25.7 Å². The summed E-state index contributed by atoms with van der Waals surface area (Å²) in [6, 6.07) is -1.97. The van der Waals surface area contributed by atoms with Crippen LogP contribution in [0.15, 0.2) is 0 Å². The highest BCUT2D eigenvalue weighted by Crippen LogP contribution is 2.78. The lowest BCUT2D eigenvalue weighted by molar-refractivity contribution is -0.247. The summed E-state index contributed by atoms with van der Waals surface area (Å²) in [5.74, 6) is 0.358. The van der Waals surface area contributed by atoms with Crippen molar-refractivity contribution in [3.8, 4) is 0 Å². The van der Waals surface area contributed by atoms with E-state index in [0.717, 1.165) is 44.9 Å². The summed E-state index contributed by atoms with van der Waals surface area (Å²) in [7, 11) is 7.06. The molecule has 5 saturated carbocycles. The molecule has 2 bridgehead atoms. The number of likely N-dealkylation sites (N-methyl/N-ethyl adjacent to an activating group) is 2. The van der Waals surface area contributed by atoms with Crippen molar-refractivity contribution >= 4 is 36.0 Å². The van der Waals surface area contributed by atoms with Crippen LogP contribution in [-0.2, 0) is 38.2 Å². The molecule has 0 spiro atoms. The van der Waals surface area contributed by atoms with Crippen molar-refractivity contribution in [3.05, 3.63) is 0 Å². The zero-order valence-electron chi connectivity index (χ0n) is 53.3. The highest BCUT2D eigenvalue weighted by Gasteiger charge is 2.75. The highest BCUT2D eigenvalue weighted by molar-refractivity contribution is 5.90. The first-order valence-corrected chi connectivity index (χ1v) is 31.7. The molecule has 80 heavy (non-hydrogen) atoms. The molecule has 7 fully saturated rings. The summed E-state index contributed by atoms with van der Waals surface area (Å²) in [6.45, 7) is 33.4. The average molecular weight is 1120 g/mol. The first-order chi connectivity index (χ1) is 37.4. The summed E-state index contributed by atoms with van der Waals surface area (Å²) in [5, 5.41) is 17.4. The number of nitrogens with zero attached hydrogens (tertiary/aromatic N) is 4. The number of aliphatic hydroxyl groups excluding tert-OH is 1. The van der Waals surface area contributed by atoms with Gasteiger partial charge >= 0.3 is 0 Å². The van der Waals surface area contributed by atoms with Gasteiger partial charge in [0.2, 0.25) is 29.5 Å². The molecule has 0 radical (unpaired) electrons. The Hall–Kier alpha value is -3.30. The third-order valence-electron chi connectivity index (χ3n) is 24.8. The molecule has 15 nitrogen and oxygen atoms in total. The van der Waals surface area contributed by atoms with Crippen molar-refractivity contribution in [2.45, 2.75) is 223 Å². The smallest absolute Gasteiger partial charge is 0.293 e. The van der Waals surface area contributed by atoms with Crippen LogP contribution in [-0.4, -0.2) is 158 Å². The van der Waals surface area contributed by atoms with E-state index in [4.69, 9.17) is 9.47 Å². The van der Waals surface area contributed by atoms with Crippen molar-refractivity contribution in [2.24, 2.45) is 91.7 Å². The van der Waals surface area contributed by atoms with E-state index in [-0.39, 0.29) is 105 Å². The van der Waals surface area contributed by atoms with Crippen molar-refractivity contribution in [2.75, 3.05) is 61.1 Å². The Labute approximate surface area is 483 Å². The number of rotatable bonds is 23. The van der Waals surface area contributed by atoms with Crippen LogP contribution in [0.4, 0.5) is 0 Å². The molecule has 0 aromatic rings. The average Bonchev–Trinajstić information content (AvgIpc) is 4.14. The first kappa shape index (κ1) is 64.3. The standard InChI is InChI=1S/C65H112N6O9/c1-19-41(6)53(69(17)58(77)51(39(2)3)67-57(76)52(40(4)5)68(15)16)43(36-72)35-49(74)70-33-20-21-46(70)54(79-18)42(7)56(75)66-32-34-71-55-50-45-22-23-48-62(12)26-24-44(37-80-38-73)61(10,11)47(62)25-27-64(48,14)63(45,13)29-31-65(50,59(71)78)30-28-60(55,8)9/h38-48,50-55,72H,19-37H2,1-18H3,(H,66,75)(H,67,76)/t41-,42+,43-,44+,45+,46?,47?,48?,50?,51-,52-,53-,54+,55?,62-,63+,64+,65-/m0/s1. The molecular formula is C65H112N6O9. The van der Waals surface area contributed by atoms with Crippen LogP contribution in [0.1, 0.15) is 187 Å². The van der Waals surface area contributed by atoms with E-state index in [0.29, 0.717) is 75.1 Å². The van der Waals surface area contributed by atoms with Crippen molar-refractivity contribution in [1.29, 1.82) is 0 Å². The fourth-order valence-corrected chi connectivity index (χ4v) is 20.2. The third kappa shape index (κ3) is 10.9. The number of amides is 5. The molecule has 2 heterocycles. The highest BCUT2D eigenvalue weighted by atomic mass is 16.5. The zero-order chi connectivity index (χ0) is 59.4. The van der Waals surface area contributed by atoms with Gasteiger partial charge in [0.25, 0.3) is 6.47 Å². The predicted octanol–water partition coefficient (Wildman–Crippen LogP) is 8.83. The second-order valence-corrected chi connectivity index (χ2v) is 30.2. The maximum Gasteiger partial charge on any atom is 0.293 e. The van der Waals surface area contributed by atoms with Gasteiger partial charge < -0.3 is 39.9 Å². The molecule has 5 aliphatic carbocycles. The summed E-state index contributed by atoms with van der Waals surface area (Å²) in [6.07, 6.45) is 12.5. The molecule has 5 unspecified atom stereocenters. The van der Waals surface area contributed by atoms with E-state index >= 15 is 4.79 Å². The number of nitrogens with one attached hydrogen (secondary N) is 2. The number of aliphatic hydroxyl groups is 1. The van der Waals surface area contributed by atoms with Gasteiger partial charge in [0.1, 0.15) is 6.04 Å². The fourth-order valence-electron chi connectivity index (χ4n) is 20.2. The number of carbonyl (C=O) groups is 6. The molecule has 2 aliphatic heterocycles. The number of fused-ring (bicyclic) bond motifs is 5. The van der Waals surface area contributed by atoms with Crippen LogP contribution in [0.25, 0.3) is 0 Å². The van der Waals surface area contributed by atoms with Crippen LogP contribution < -0.4 is 10.6 Å². The van der Waals surface area contributed by atoms with E-state index in [1.54, 1.807) is 19.1 Å². The van der Waals surface area contributed by atoms with Gasteiger partial charge in [0.15, 0.2) is 0 Å². The molecule has 15 heteroatoms. The van der Waals surface area contributed by atoms with E-state index in [9.17, 15) is 29.1 Å². The number of likely N-dealkylation sites (tertiary alicyclic amines) is 2. The molecule has 3 N–H and O–H groups in total. The molecule has 2 saturated heterocycles. The van der Waals surface area contributed by atoms with Gasteiger partial charge in [-0.25, -0.2) is 0 Å².